The number of hydrogen-bond donors (Lipinski definition) is 2. The molecule has 1 amide bonds. The molecule has 0 saturated heterocycles. The van der Waals surface area contributed by atoms with Crippen molar-refractivity contribution in [1.29, 1.82) is 0 Å². The van der Waals surface area contributed by atoms with Crippen molar-refractivity contribution in [3.63, 3.8) is 0 Å². The summed E-state index contributed by atoms with van der Waals surface area (Å²) in [7, 11) is 0. The van der Waals surface area contributed by atoms with E-state index in [0.717, 1.165) is 16.8 Å². The third-order valence-corrected chi connectivity index (χ3v) is 4.16. The molecule has 2 N–H and O–H groups in total. The highest BCUT2D eigenvalue weighted by Crippen LogP contribution is 2.20. The Morgan fingerprint density at radius 2 is 1.81 bits per heavy atom. The summed E-state index contributed by atoms with van der Waals surface area (Å²) in [6.45, 7) is 4.49. The molecule has 3 aromatic rings. The van der Waals surface area contributed by atoms with Crippen LogP contribution in [0.4, 0.5) is 15.9 Å². The highest BCUT2D eigenvalue weighted by molar-refractivity contribution is 5.93. The number of halogens is 1. The van der Waals surface area contributed by atoms with Crippen LogP contribution < -0.4 is 10.6 Å². The van der Waals surface area contributed by atoms with Crippen molar-refractivity contribution in [2.45, 2.75) is 20.3 Å². The number of carbonyl (C=O) groups excluding carboxylic acids is 1. The van der Waals surface area contributed by atoms with E-state index in [0.29, 0.717) is 18.8 Å². The minimum Gasteiger partial charge on any atom is -0.350 e. The van der Waals surface area contributed by atoms with Crippen LogP contribution in [0.1, 0.15) is 27.2 Å². The molecular weight excluding hydrogens is 343 g/mol. The zero-order chi connectivity index (χ0) is 19.2. The number of rotatable bonds is 6. The normalized spacial score (nSPS) is 10.5. The minimum absolute atomic E-state index is 0.271. The van der Waals surface area contributed by atoms with Crippen molar-refractivity contribution in [1.82, 2.24) is 15.3 Å². The molecule has 1 aromatic heterocycles. The van der Waals surface area contributed by atoms with Crippen LogP contribution in [-0.2, 0) is 6.42 Å². The number of amides is 1. The summed E-state index contributed by atoms with van der Waals surface area (Å²) in [5.74, 6) is 0.0106. The Balaban J connectivity index is 1.60. The Labute approximate surface area is 157 Å². The molecule has 0 atom stereocenters. The van der Waals surface area contributed by atoms with E-state index < -0.39 is 0 Å². The number of aryl methyl sites for hydroxylation is 2. The molecule has 0 unspecified atom stereocenters. The predicted molar refractivity (Wildman–Crippen MR) is 104 cm³/mol. The first-order chi connectivity index (χ1) is 13.0. The number of nitrogens with one attached hydrogen (secondary N) is 2. The largest absolute Gasteiger partial charge is 0.350 e. The van der Waals surface area contributed by atoms with Gasteiger partial charge in [-0.3, -0.25) is 4.79 Å². The summed E-state index contributed by atoms with van der Waals surface area (Å²) in [6.07, 6.45) is 1.98. The Morgan fingerprint density at radius 3 is 2.56 bits per heavy atom. The maximum absolute atomic E-state index is 12.9. The lowest BCUT2D eigenvalue weighted by molar-refractivity contribution is 0.0949. The molecule has 2 aromatic carbocycles. The standard InChI is InChI=1S/C21H21FN4O/c1-14-3-8-18(15(2)11-14)26-20-12-19(24-13-25-20)21(27)23-10-9-16-4-6-17(22)7-5-16/h3-8,11-13H,9-10H2,1-2H3,(H,23,27)(H,24,25,26). The molecule has 6 heteroatoms. The smallest absolute Gasteiger partial charge is 0.270 e. The molecule has 5 nitrogen and oxygen atoms in total. The van der Waals surface area contributed by atoms with Gasteiger partial charge < -0.3 is 10.6 Å². The molecule has 0 bridgehead atoms. The fourth-order valence-corrected chi connectivity index (χ4v) is 2.70. The second-order valence-electron chi connectivity index (χ2n) is 6.36. The lowest BCUT2D eigenvalue weighted by atomic mass is 10.1. The molecule has 0 radical (unpaired) electrons. The third-order valence-electron chi connectivity index (χ3n) is 4.16. The second kappa shape index (κ2) is 8.40. The van der Waals surface area contributed by atoms with Crippen molar-refractivity contribution in [2.75, 3.05) is 11.9 Å². The van der Waals surface area contributed by atoms with Crippen molar-refractivity contribution < 1.29 is 9.18 Å². The van der Waals surface area contributed by atoms with Gasteiger partial charge in [-0.1, -0.05) is 29.8 Å². The highest BCUT2D eigenvalue weighted by atomic mass is 19.1. The summed E-state index contributed by atoms with van der Waals surface area (Å²) < 4.78 is 12.9. The second-order valence-corrected chi connectivity index (χ2v) is 6.36. The van der Waals surface area contributed by atoms with Crippen LogP contribution in [0.2, 0.25) is 0 Å². The van der Waals surface area contributed by atoms with Gasteiger partial charge in [0.25, 0.3) is 5.91 Å². The van der Waals surface area contributed by atoms with E-state index in [-0.39, 0.29) is 17.4 Å². The topological polar surface area (TPSA) is 66.9 Å². The maximum Gasteiger partial charge on any atom is 0.270 e. The van der Waals surface area contributed by atoms with Crippen LogP contribution in [0.5, 0.6) is 0 Å². The summed E-state index contributed by atoms with van der Waals surface area (Å²) in [6, 6.07) is 13.9. The fraction of sp³-hybridized carbons (Fsp3) is 0.190. The molecule has 0 saturated carbocycles. The lowest BCUT2D eigenvalue weighted by Crippen LogP contribution is -2.26. The fourth-order valence-electron chi connectivity index (χ4n) is 2.70. The van der Waals surface area contributed by atoms with Crippen molar-refractivity contribution in [3.8, 4) is 0 Å². The Hall–Kier alpha value is -3.28. The molecular formula is C21H21FN4O. The number of anilines is 2. The maximum atomic E-state index is 12.9. The summed E-state index contributed by atoms with van der Waals surface area (Å²) >= 11 is 0. The lowest BCUT2D eigenvalue weighted by Gasteiger charge is -2.10. The summed E-state index contributed by atoms with van der Waals surface area (Å²) in [5, 5.41) is 6.04. The van der Waals surface area contributed by atoms with Gasteiger partial charge in [-0.05, 0) is 49.6 Å². The monoisotopic (exact) mass is 364 g/mol. The van der Waals surface area contributed by atoms with Gasteiger partial charge in [0, 0.05) is 18.3 Å². The van der Waals surface area contributed by atoms with Gasteiger partial charge in [0.1, 0.15) is 23.7 Å². The van der Waals surface area contributed by atoms with Crippen LogP contribution >= 0.6 is 0 Å². The van der Waals surface area contributed by atoms with Crippen LogP contribution in [0.3, 0.4) is 0 Å². The van der Waals surface area contributed by atoms with Crippen molar-refractivity contribution in [3.05, 3.63) is 83.1 Å². The van der Waals surface area contributed by atoms with Crippen molar-refractivity contribution in [2.24, 2.45) is 0 Å². The van der Waals surface area contributed by atoms with E-state index in [4.69, 9.17) is 0 Å². The molecule has 0 fully saturated rings. The Kier molecular flexibility index (Phi) is 5.76. The predicted octanol–water partition coefficient (Wildman–Crippen LogP) is 3.95. The zero-order valence-corrected chi connectivity index (χ0v) is 15.3. The number of nitrogens with zero attached hydrogens (tertiary/aromatic N) is 2. The van der Waals surface area contributed by atoms with E-state index in [1.54, 1.807) is 18.2 Å². The van der Waals surface area contributed by atoms with Crippen molar-refractivity contribution >= 4 is 17.4 Å². The van der Waals surface area contributed by atoms with Crippen LogP contribution in [0.15, 0.2) is 54.9 Å². The van der Waals surface area contributed by atoms with E-state index in [9.17, 15) is 9.18 Å². The average molecular weight is 364 g/mol. The molecule has 1 heterocycles. The number of carbonyl (C=O) groups is 1. The molecule has 0 aliphatic heterocycles. The highest BCUT2D eigenvalue weighted by Gasteiger charge is 2.09. The first-order valence-electron chi connectivity index (χ1n) is 8.70. The molecule has 0 aliphatic carbocycles. The average Bonchev–Trinajstić information content (AvgIpc) is 2.66. The number of hydrogen-bond acceptors (Lipinski definition) is 4. The van der Waals surface area contributed by atoms with Gasteiger partial charge in [0.2, 0.25) is 0 Å². The van der Waals surface area contributed by atoms with Gasteiger partial charge in [-0.15, -0.1) is 0 Å². The first kappa shape index (κ1) is 18.5. The Morgan fingerprint density at radius 1 is 1.04 bits per heavy atom. The van der Waals surface area contributed by atoms with Gasteiger partial charge in [-0.25, -0.2) is 14.4 Å². The van der Waals surface area contributed by atoms with Crippen LogP contribution in [0, 0.1) is 19.7 Å². The van der Waals surface area contributed by atoms with Gasteiger partial charge in [0.15, 0.2) is 0 Å². The SMILES string of the molecule is Cc1ccc(Nc2cc(C(=O)NCCc3ccc(F)cc3)ncn2)c(C)c1. The van der Waals surface area contributed by atoms with Gasteiger partial charge in [-0.2, -0.15) is 0 Å². The van der Waals surface area contributed by atoms with Crippen LogP contribution in [-0.4, -0.2) is 22.4 Å². The first-order valence-corrected chi connectivity index (χ1v) is 8.70. The van der Waals surface area contributed by atoms with Gasteiger partial charge in [0.05, 0.1) is 0 Å². The van der Waals surface area contributed by atoms with E-state index in [2.05, 4.69) is 26.7 Å². The number of aromatic nitrogens is 2. The summed E-state index contributed by atoms with van der Waals surface area (Å²) in [5.41, 5.74) is 4.45. The number of benzene rings is 2. The quantitative estimate of drug-likeness (QED) is 0.695. The Bertz CT molecular complexity index is 941. The van der Waals surface area contributed by atoms with E-state index >= 15 is 0 Å². The summed E-state index contributed by atoms with van der Waals surface area (Å²) in [4.78, 5) is 20.5. The van der Waals surface area contributed by atoms with Gasteiger partial charge >= 0.3 is 0 Å². The molecule has 3 rings (SSSR count). The minimum atomic E-state index is -0.275. The third kappa shape index (κ3) is 5.10. The molecule has 138 valence electrons. The van der Waals surface area contributed by atoms with E-state index in [1.807, 2.05) is 26.0 Å². The molecule has 0 spiro atoms. The molecule has 0 aliphatic rings. The van der Waals surface area contributed by atoms with E-state index in [1.165, 1.54) is 24.0 Å². The zero-order valence-electron chi connectivity index (χ0n) is 15.3. The van der Waals surface area contributed by atoms with Crippen LogP contribution in [0.25, 0.3) is 0 Å². The molecule has 27 heavy (non-hydrogen) atoms.